The number of hydrogen-bond acceptors (Lipinski definition) is 5. The van der Waals surface area contributed by atoms with Crippen molar-refractivity contribution in [2.24, 2.45) is 0 Å². The first-order chi connectivity index (χ1) is 12.3. The van der Waals surface area contributed by atoms with Gasteiger partial charge >= 0.3 is 0 Å². The highest BCUT2D eigenvalue weighted by atomic mass is 16.6. The fourth-order valence-electron chi connectivity index (χ4n) is 2.98. The van der Waals surface area contributed by atoms with Crippen molar-refractivity contribution in [3.8, 4) is 17.2 Å². The first-order valence-corrected chi connectivity index (χ1v) is 8.67. The topological polar surface area (TPSA) is 49.0 Å². The van der Waals surface area contributed by atoms with Crippen molar-refractivity contribution in [1.82, 2.24) is 5.32 Å². The molecule has 0 aliphatic carbocycles. The molecule has 0 radical (unpaired) electrons. The third-order valence-electron chi connectivity index (χ3n) is 4.14. The minimum absolute atomic E-state index is 0.111. The average Bonchev–Trinajstić information content (AvgIpc) is 2.68. The van der Waals surface area contributed by atoms with Crippen LogP contribution in [0.3, 0.4) is 0 Å². The van der Waals surface area contributed by atoms with Crippen LogP contribution >= 0.6 is 0 Å². The molecular weight excluding hydrogens is 318 g/mol. The average molecular weight is 343 g/mol. The van der Waals surface area contributed by atoms with E-state index in [-0.39, 0.29) is 12.2 Å². The Kier molecular flexibility index (Phi) is 6.14. The molecule has 1 saturated heterocycles. The third kappa shape index (κ3) is 4.24. The molecule has 3 rings (SSSR count). The van der Waals surface area contributed by atoms with Gasteiger partial charge in [0.25, 0.3) is 0 Å². The molecule has 2 aromatic carbocycles. The number of ether oxygens (including phenoxy) is 4. The number of para-hydroxylation sites is 3. The Bertz CT molecular complexity index is 670. The van der Waals surface area contributed by atoms with Gasteiger partial charge < -0.3 is 24.3 Å². The maximum Gasteiger partial charge on any atom is 0.162 e. The maximum atomic E-state index is 6.40. The fraction of sp³-hybridized carbons (Fsp3) is 0.400. The molecular formula is C20H25NO4. The van der Waals surface area contributed by atoms with Crippen LogP contribution in [-0.4, -0.2) is 39.5 Å². The minimum Gasteiger partial charge on any atom is -0.496 e. The summed E-state index contributed by atoms with van der Waals surface area (Å²) in [7, 11) is 1.67. The van der Waals surface area contributed by atoms with Crippen LogP contribution in [0.2, 0.25) is 0 Å². The van der Waals surface area contributed by atoms with Gasteiger partial charge in [0, 0.05) is 18.7 Å². The first-order valence-electron chi connectivity index (χ1n) is 8.67. The number of morpholine rings is 1. The van der Waals surface area contributed by atoms with Crippen LogP contribution in [0.1, 0.15) is 18.6 Å². The summed E-state index contributed by atoms with van der Waals surface area (Å²) in [5.41, 5.74) is 0.963. The molecule has 25 heavy (non-hydrogen) atoms. The lowest BCUT2D eigenvalue weighted by atomic mass is 10.0. The summed E-state index contributed by atoms with van der Waals surface area (Å²) < 4.78 is 23.6. The standard InChI is InChI=1S/C20H25NO4/c1-3-23-17-10-6-7-11-18(17)25-20(19-14-21-12-13-24-19)15-8-4-5-9-16(15)22-2/h4-11,19-21H,3,12-14H2,1-2H3. The van der Waals surface area contributed by atoms with Gasteiger partial charge in [-0.25, -0.2) is 0 Å². The molecule has 0 spiro atoms. The molecule has 0 saturated carbocycles. The van der Waals surface area contributed by atoms with Gasteiger partial charge in [-0.05, 0) is 25.1 Å². The Morgan fingerprint density at radius 3 is 2.48 bits per heavy atom. The van der Waals surface area contributed by atoms with E-state index in [1.54, 1.807) is 7.11 Å². The minimum atomic E-state index is -0.300. The summed E-state index contributed by atoms with van der Waals surface area (Å²) in [5, 5.41) is 3.37. The number of hydrogen-bond donors (Lipinski definition) is 1. The van der Waals surface area contributed by atoms with Crippen molar-refractivity contribution in [2.45, 2.75) is 19.1 Å². The Labute approximate surface area is 148 Å². The van der Waals surface area contributed by atoms with Gasteiger partial charge in [-0.1, -0.05) is 30.3 Å². The largest absolute Gasteiger partial charge is 0.496 e. The molecule has 1 aliphatic heterocycles. The quantitative estimate of drug-likeness (QED) is 0.837. The van der Waals surface area contributed by atoms with Gasteiger partial charge in [-0.2, -0.15) is 0 Å². The molecule has 1 heterocycles. The van der Waals surface area contributed by atoms with Gasteiger partial charge in [0.2, 0.25) is 0 Å². The highest BCUT2D eigenvalue weighted by Gasteiger charge is 2.30. The molecule has 134 valence electrons. The molecule has 2 unspecified atom stereocenters. The number of methoxy groups -OCH3 is 1. The van der Waals surface area contributed by atoms with Crippen LogP contribution in [-0.2, 0) is 4.74 Å². The molecule has 2 aromatic rings. The lowest BCUT2D eigenvalue weighted by Gasteiger charge is -2.32. The van der Waals surface area contributed by atoms with Crippen molar-refractivity contribution in [3.63, 3.8) is 0 Å². The predicted molar refractivity (Wildman–Crippen MR) is 96.6 cm³/mol. The molecule has 0 amide bonds. The van der Waals surface area contributed by atoms with Crippen LogP contribution in [0.15, 0.2) is 48.5 Å². The lowest BCUT2D eigenvalue weighted by Crippen LogP contribution is -2.43. The molecule has 2 atom stereocenters. The number of rotatable bonds is 7. The summed E-state index contributed by atoms with van der Waals surface area (Å²) in [6, 6.07) is 15.6. The monoisotopic (exact) mass is 343 g/mol. The normalized spacial score (nSPS) is 18.4. The van der Waals surface area contributed by atoms with Crippen molar-refractivity contribution in [2.75, 3.05) is 33.4 Å². The highest BCUT2D eigenvalue weighted by molar-refractivity contribution is 5.42. The Hall–Kier alpha value is -2.24. The molecule has 1 aliphatic rings. The van der Waals surface area contributed by atoms with E-state index in [1.807, 2.05) is 55.5 Å². The second-order valence-corrected chi connectivity index (χ2v) is 5.77. The predicted octanol–water partition coefficient (Wildman–Crippen LogP) is 3.20. The van der Waals surface area contributed by atoms with Crippen LogP contribution < -0.4 is 19.5 Å². The number of nitrogens with one attached hydrogen (secondary N) is 1. The van der Waals surface area contributed by atoms with E-state index in [4.69, 9.17) is 18.9 Å². The second kappa shape index (κ2) is 8.74. The smallest absolute Gasteiger partial charge is 0.162 e. The van der Waals surface area contributed by atoms with E-state index < -0.39 is 0 Å². The van der Waals surface area contributed by atoms with Crippen molar-refractivity contribution in [3.05, 3.63) is 54.1 Å². The molecule has 5 heteroatoms. The summed E-state index contributed by atoms with van der Waals surface area (Å²) in [5.74, 6) is 2.22. The van der Waals surface area contributed by atoms with Crippen LogP contribution in [0.4, 0.5) is 0 Å². The SMILES string of the molecule is CCOc1ccccc1OC(c1ccccc1OC)C1CNCCO1. The summed E-state index contributed by atoms with van der Waals surface area (Å²) >= 11 is 0. The van der Waals surface area contributed by atoms with E-state index in [9.17, 15) is 0 Å². The molecule has 0 aromatic heterocycles. The van der Waals surface area contributed by atoms with Crippen molar-refractivity contribution >= 4 is 0 Å². The van der Waals surface area contributed by atoms with Crippen LogP contribution in [0.5, 0.6) is 17.2 Å². The van der Waals surface area contributed by atoms with Crippen molar-refractivity contribution in [1.29, 1.82) is 0 Å². The van der Waals surface area contributed by atoms with E-state index in [0.717, 1.165) is 30.2 Å². The van der Waals surface area contributed by atoms with Crippen LogP contribution in [0.25, 0.3) is 0 Å². The molecule has 1 fully saturated rings. The van der Waals surface area contributed by atoms with E-state index in [0.29, 0.717) is 19.0 Å². The van der Waals surface area contributed by atoms with E-state index >= 15 is 0 Å². The maximum absolute atomic E-state index is 6.40. The zero-order valence-corrected chi connectivity index (χ0v) is 14.7. The Balaban J connectivity index is 1.94. The van der Waals surface area contributed by atoms with Crippen molar-refractivity contribution < 1.29 is 18.9 Å². The van der Waals surface area contributed by atoms with E-state index in [2.05, 4.69) is 5.32 Å². The third-order valence-corrected chi connectivity index (χ3v) is 4.14. The highest BCUT2D eigenvalue weighted by Crippen LogP contribution is 2.36. The van der Waals surface area contributed by atoms with Gasteiger partial charge in [0.15, 0.2) is 17.6 Å². The molecule has 5 nitrogen and oxygen atoms in total. The zero-order valence-electron chi connectivity index (χ0n) is 14.7. The fourth-order valence-corrected chi connectivity index (χ4v) is 2.98. The second-order valence-electron chi connectivity index (χ2n) is 5.77. The summed E-state index contributed by atoms with van der Waals surface area (Å²) in [6.07, 6.45) is -0.412. The zero-order chi connectivity index (χ0) is 17.5. The first kappa shape index (κ1) is 17.6. The summed E-state index contributed by atoms with van der Waals surface area (Å²) in [6.45, 7) is 4.78. The van der Waals surface area contributed by atoms with Gasteiger partial charge in [0.1, 0.15) is 11.9 Å². The van der Waals surface area contributed by atoms with Crippen LogP contribution in [0, 0.1) is 0 Å². The summed E-state index contributed by atoms with van der Waals surface area (Å²) in [4.78, 5) is 0. The van der Waals surface area contributed by atoms with E-state index in [1.165, 1.54) is 0 Å². The Morgan fingerprint density at radius 1 is 1.08 bits per heavy atom. The lowest BCUT2D eigenvalue weighted by molar-refractivity contribution is -0.0445. The molecule has 1 N–H and O–H groups in total. The molecule has 0 bridgehead atoms. The van der Waals surface area contributed by atoms with Gasteiger partial charge in [-0.3, -0.25) is 0 Å². The van der Waals surface area contributed by atoms with Gasteiger partial charge in [-0.15, -0.1) is 0 Å². The van der Waals surface area contributed by atoms with Gasteiger partial charge in [0.05, 0.1) is 20.3 Å². The number of benzene rings is 2. The Morgan fingerprint density at radius 2 is 1.80 bits per heavy atom.